The molecule has 37 heavy (non-hydrogen) atoms. The molecule has 10 nitrogen and oxygen atoms in total. The van der Waals surface area contributed by atoms with E-state index in [-0.39, 0.29) is 17.4 Å². The van der Waals surface area contributed by atoms with E-state index >= 15 is 0 Å². The van der Waals surface area contributed by atoms with Crippen molar-refractivity contribution in [1.82, 2.24) is 19.9 Å². The van der Waals surface area contributed by atoms with E-state index < -0.39 is 41.8 Å². The first-order chi connectivity index (χ1) is 17.5. The summed E-state index contributed by atoms with van der Waals surface area (Å²) < 4.78 is 5.57. The van der Waals surface area contributed by atoms with Gasteiger partial charge in [0.15, 0.2) is 5.54 Å². The lowest BCUT2D eigenvalue weighted by Crippen LogP contribution is -2.55. The van der Waals surface area contributed by atoms with Crippen molar-refractivity contribution in [3.8, 4) is 5.75 Å². The summed E-state index contributed by atoms with van der Waals surface area (Å²) in [6, 6.07) is 4.10. The summed E-state index contributed by atoms with van der Waals surface area (Å²) in [5, 5.41) is 22.5. The van der Waals surface area contributed by atoms with E-state index in [2.05, 4.69) is 15.0 Å². The van der Waals surface area contributed by atoms with Crippen LogP contribution in [-0.4, -0.2) is 60.6 Å². The zero-order valence-corrected chi connectivity index (χ0v) is 21.7. The standard InChI is InChI=1S/C26H28N4O6S/c1-25(2,3)17-6-5-15(11-19(17)36-4)23(33)30-21(22-29-9-10-37-22)16(18-14-27-7-8-28-18)12-26(30,24(34)35)13-20(31)32/h5-11,14,16,21H,12-13H2,1-4H3,(H,31,32)(H,34,35). The van der Waals surface area contributed by atoms with Crippen molar-refractivity contribution in [2.45, 2.75) is 56.5 Å². The number of aliphatic carboxylic acids is 2. The fraction of sp³-hybridized carbons (Fsp3) is 0.385. The fourth-order valence-electron chi connectivity index (χ4n) is 5.03. The van der Waals surface area contributed by atoms with Crippen molar-refractivity contribution in [1.29, 1.82) is 0 Å². The van der Waals surface area contributed by atoms with Gasteiger partial charge in [-0.15, -0.1) is 11.3 Å². The number of thiazole rings is 1. The van der Waals surface area contributed by atoms with Crippen molar-refractivity contribution in [3.05, 3.63) is 70.2 Å². The molecule has 1 saturated heterocycles. The largest absolute Gasteiger partial charge is 0.496 e. The van der Waals surface area contributed by atoms with Crippen LogP contribution in [0.15, 0.2) is 48.4 Å². The Morgan fingerprint density at radius 3 is 2.46 bits per heavy atom. The normalized spacial score (nSPS) is 21.6. The third kappa shape index (κ3) is 4.78. The average molecular weight is 525 g/mol. The summed E-state index contributed by atoms with van der Waals surface area (Å²) in [7, 11) is 1.50. The number of ether oxygens (including phenoxy) is 1. The molecule has 3 heterocycles. The monoisotopic (exact) mass is 524 g/mol. The summed E-state index contributed by atoms with van der Waals surface area (Å²) in [6.07, 6.45) is 5.09. The quantitative estimate of drug-likeness (QED) is 0.470. The third-order valence-electron chi connectivity index (χ3n) is 6.66. The molecule has 1 aliphatic heterocycles. The van der Waals surface area contributed by atoms with Gasteiger partial charge in [-0.1, -0.05) is 26.8 Å². The topological polar surface area (TPSA) is 143 Å². The molecular formula is C26H28N4O6S. The second-order valence-electron chi connectivity index (χ2n) is 10.0. The SMILES string of the molecule is COc1cc(C(=O)N2C(c3nccs3)C(c3cnccn3)CC2(CC(=O)O)C(=O)O)ccc1C(C)(C)C. The van der Waals surface area contributed by atoms with Gasteiger partial charge in [0.2, 0.25) is 0 Å². The number of nitrogens with zero attached hydrogens (tertiary/aromatic N) is 4. The molecule has 194 valence electrons. The van der Waals surface area contributed by atoms with Crippen LogP contribution in [0.25, 0.3) is 0 Å². The van der Waals surface area contributed by atoms with Crippen LogP contribution in [0.4, 0.5) is 0 Å². The van der Waals surface area contributed by atoms with Gasteiger partial charge in [0.05, 0.1) is 25.3 Å². The summed E-state index contributed by atoms with van der Waals surface area (Å²) in [4.78, 5) is 53.1. The first-order valence-electron chi connectivity index (χ1n) is 11.6. The minimum absolute atomic E-state index is 0.166. The molecule has 0 spiro atoms. The van der Waals surface area contributed by atoms with Crippen molar-refractivity contribution < 1.29 is 29.3 Å². The number of hydrogen-bond donors (Lipinski definition) is 2. The van der Waals surface area contributed by atoms with Crippen LogP contribution >= 0.6 is 11.3 Å². The number of carbonyl (C=O) groups is 3. The van der Waals surface area contributed by atoms with Crippen LogP contribution < -0.4 is 4.74 Å². The van der Waals surface area contributed by atoms with E-state index in [1.807, 2.05) is 20.8 Å². The lowest BCUT2D eigenvalue weighted by atomic mass is 9.85. The lowest BCUT2D eigenvalue weighted by Gasteiger charge is -2.37. The Morgan fingerprint density at radius 1 is 1.16 bits per heavy atom. The summed E-state index contributed by atoms with van der Waals surface area (Å²) in [5.41, 5.74) is -0.805. The number of methoxy groups -OCH3 is 1. The first-order valence-corrected chi connectivity index (χ1v) is 12.5. The second-order valence-corrected chi connectivity index (χ2v) is 10.9. The molecule has 2 N–H and O–H groups in total. The molecule has 1 aliphatic rings. The van der Waals surface area contributed by atoms with Gasteiger partial charge in [0, 0.05) is 41.6 Å². The minimum Gasteiger partial charge on any atom is -0.496 e. The number of carboxylic acid groups (broad SMARTS) is 2. The summed E-state index contributed by atoms with van der Waals surface area (Å²) in [5.74, 6) is -3.54. The van der Waals surface area contributed by atoms with Gasteiger partial charge in [-0.05, 0) is 29.5 Å². The molecule has 3 aromatic rings. The van der Waals surface area contributed by atoms with Crippen molar-refractivity contribution in [2.24, 2.45) is 0 Å². The van der Waals surface area contributed by atoms with Crippen LogP contribution in [-0.2, 0) is 15.0 Å². The maximum atomic E-state index is 14.2. The maximum Gasteiger partial charge on any atom is 0.330 e. The molecule has 2 aromatic heterocycles. The third-order valence-corrected chi connectivity index (χ3v) is 7.51. The van der Waals surface area contributed by atoms with E-state index in [4.69, 9.17) is 4.74 Å². The number of hydrogen-bond acceptors (Lipinski definition) is 8. The highest BCUT2D eigenvalue weighted by Gasteiger charge is 2.61. The highest BCUT2D eigenvalue weighted by atomic mass is 32.1. The van der Waals surface area contributed by atoms with Gasteiger partial charge < -0.3 is 19.8 Å². The Kier molecular flexibility index (Phi) is 7.00. The zero-order valence-electron chi connectivity index (χ0n) is 20.9. The molecule has 0 bridgehead atoms. The molecule has 3 atom stereocenters. The molecule has 0 radical (unpaired) electrons. The molecule has 3 unspecified atom stereocenters. The van der Waals surface area contributed by atoms with Crippen molar-refractivity contribution >= 4 is 29.2 Å². The number of carbonyl (C=O) groups excluding carboxylic acids is 1. The number of likely N-dealkylation sites (tertiary alicyclic amines) is 1. The zero-order chi connectivity index (χ0) is 27.0. The summed E-state index contributed by atoms with van der Waals surface area (Å²) >= 11 is 1.26. The second kappa shape index (κ2) is 9.89. The van der Waals surface area contributed by atoms with E-state index in [9.17, 15) is 24.6 Å². The molecule has 1 amide bonds. The first kappa shape index (κ1) is 26.2. The van der Waals surface area contributed by atoms with Gasteiger partial charge in [-0.25, -0.2) is 9.78 Å². The number of carboxylic acids is 2. The van der Waals surface area contributed by atoms with E-state index in [0.717, 1.165) is 5.56 Å². The summed E-state index contributed by atoms with van der Waals surface area (Å²) in [6.45, 7) is 6.04. The predicted octanol–water partition coefficient (Wildman–Crippen LogP) is 3.91. The predicted molar refractivity (Wildman–Crippen MR) is 135 cm³/mol. The Balaban J connectivity index is 1.93. The number of rotatable bonds is 7. The molecule has 1 aromatic carbocycles. The van der Waals surface area contributed by atoms with Gasteiger partial charge in [0.25, 0.3) is 5.91 Å². The molecule has 11 heteroatoms. The Bertz CT molecular complexity index is 1310. The van der Waals surface area contributed by atoms with E-state index in [0.29, 0.717) is 16.5 Å². The smallest absolute Gasteiger partial charge is 0.330 e. The van der Waals surface area contributed by atoms with Gasteiger partial charge in [-0.3, -0.25) is 19.6 Å². The Labute approximate surface area is 218 Å². The fourth-order valence-corrected chi connectivity index (χ4v) is 5.82. The highest BCUT2D eigenvalue weighted by molar-refractivity contribution is 7.09. The average Bonchev–Trinajstić information content (AvgIpc) is 3.49. The maximum absolute atomic E-state index is 14.2. The number of aromatic nitrogens is 3. The van der Waals surface area contributed by atoms with E-state index in [1.165, 1.54) is 41.9 Å². The molecule has 0 aliphatic carbocycles. The van der Waals surface area contributed by atoms with Crippen molar-refractivity contribution in [3.63, 3.8) is 0 Å². The van der Waals surface area contributed by atoms with Crippen LogP contribution in [0.2, 0.25) is 0 Å². The Hall–Kier alpha value is -3.86. The van der Waals surface area contributed by atoms with E-state index in [1.54, 1.807) is 29.8 Å². The Morgan fingerprint density at radius 2 is 1.92 bits per heavy atom. The van der Waals surface area contributed by atoms with Gasteiger partial charge in [-0.2, -0.15) is 0 Å². The lowest BCUT2D eigenvalue weighted by molar-refractivity contribution is -0.155. The van der Waals surface area contributed by atoms with Crippen molar-refractivity contribution in [2.75, 3.05) is 7.11 Å². The van der Waals surface area contributed by atoms with Crippen LogP contribution in [0.3, 0.4) is 0 Å². The number of amides is 1. The highest BCUT2D eigenvalue weighted by Crippen LogP contribution is 2.53. The molecular weight excluding hydrogens is 496 g/mol. The molecule has 4 rings (SSSR count). The van der Waals surface area contributed by atoms with Gasteiger partial charge in [0.1, 0.15) is 10.8 Å². The molecule has 0 saturated carbocycles. The van der Waals surface area contributed by atoms with Crippen LogP contribution in [0.1, 0.15) is 72.2 Å². The minimum atomic E-state index is -2.04. The van der Waals surface area contributed by atoms with Gasteiger partial charge >= 0.3 is 11.9 Å². The number of benzene rings is 1. The van der Waals surface area contributed by atoms with Crippen LogP contribution in [0.5, 0.6) is 5.75 Å². The van der Waals surface area contributed by atoms with Crippen LogP contribution in [0, 0.1) is 0 Å². The molecule has 1 fully saturated rings.